The van der Waals surface area contributed by atoms with E-state index in [1.165, 1.54) is 4.88 Å². The molecule has 24 heavy (non-hydrogen) atoms. The van der Waals surface area contributed by atoms with Crippen LogP contribution in [0.15, 0.2) is 47.8 Å². The van der Waals surface area contributed by atoms with Crippen LogP contribution in [-0.4, -0.2) is 21.9 Å². The Morgan fingerprint density at radius 2 is 2.17 bits per heavy atom. The van der Waals surface area contributed by atoms with Crippen LogP contribution < -0.4 is 4.74 Å². The van der Waals surface area contributed by atoms with Crippen molar-refractivity contribution in [2.75, 3.05) is 0 Å². The molecule has 0 N–H and O–H groups in total. The summed E-state index contributed by atoms with van der Waals surface area (Å²) < 4.78 is 5.98. The number of carbonyl (C=O) groups excluding carboxylic acids is 1. The molecule has 0 radical (unpaired) electrons. The van der Waals surface area contributed by atoms with Gasteiger partial charge in [0, 0.05) is 15.8 Å². The number of amides is 1. The van der Waals surface area contributed by atoms with E-state index in [1.54, 1.807) is 11.3 Å². The van der Waals surface area contributed by atoms with E-state index < -0.39 is 6.10 Å². The zero-order chi connectivity index (χ0) is 16.5. The third-order valence-electron chi connectivity index (χ3n) is 4.26. The highest BCUT2D eigenvalue weighted by Crippen LogP contribution is 2.29. The third kappa shape index (κ3) is 2.76. The lowest BCUT2D eigenvalue weighted by Gasteiger charge is -2.22. The van der Waals surface area contributed by atoms with E-state index in [9.17, 15) is 4.79 Å². The summed E-state index contributed by atoms with van der Waals surface area (Å²) in [5.74, 6) is 0.621. The number of pyridine rings is 1. The summed E-state index contributed by atoms with van der Waals surface area (Å²) in [5.41, 5.74) is 1.86. The van der Waals surface area contributed by atoms with Crippen molar-refractivity contribution in [3.8, 4) is 5.88 Å². The predicted octanol–water partition coefficient (Wildman–Crippen LogP) is 4.00. The maximum atomic E-state index is 12.8. The second kappa shape index (κ2) is 6.24. The van der Waals surface area contributed by atoms with E-state index in [4.69, 9.17) is 4.74 Å². The maximum Gasteiger partial charge on any atom is 0.264 e. The SMILES string of the molecule is CC[C@H]1Oc2nc3ccccc3cc2CN(Cc2cccs2)C1=O. The molecule has 1 atom stereocenters. The number of fused-ring (bicyclic) bond motifs is 2. The van der Waals surface area contributed by atoms with Crippen molar-refractivity contribution in [3.05, 3.63) is 58.3 Å². The summed E-state index contributed by atoms with van der Waals surface area (Å²) in [6.45, 7) is 3.11. The van der Waals surface area contributed by atoms with Gasteiger partial charge in [0.25, 0.3) is 5.91 Å². The number of rotatable bonds is 3. The Bertz CT molecular complexity index is 876. The molecule has 1 amide bonds. The molecular formula is C19H18N2O2S. The molecular weight excluding hydrogens is 320 g/mol. The number of ether oxygens (including phenoxy) is 1. The number of hydrogen-bond donors (Lipinski definition) is 0. The monoisotopic (exact) mass is 338 g/mol. The summed E-state index contributed by atoms with van der Waals surface area (Å²) in [5, 5.41) is 3.10. The van der Waals surface area contributed by atoms with Crippen LogP contribution >= 0.6 is 11.3 Å². The lowest BCUT2D eigenvalue weighted by molar-refractivity contribution is -0.139. The molecule has 1 aliphatic rings. The summed E-state index contributed by atoms with van der Waals surface area (Å²) >= 11 is 1.67. The Balaban J connectivity index is 1.75. The van der Waals surface area contributed by atoms with Crippen LogP contribution in [0.4, 0.5) is 0 Å². The number of hydrogen-bond acceptors (Lipinski definition) is 4. The second-order valence-electron chi connectivity index (χ2n) is 5.93. The van der Waals surface area contributed by atoms with Crippen LogP contribution in [0.1, 0.15) is 23.8 Å². The minimum Gasteiger partial charge on any atom is -0.464 e. The molecule has 3 aromatic rings. The van der Waals surface area contributed by atoms with Crippen molar-refractivity contribution >= 4 is 28.1 Å². The highest BCUT2D eigenvalue weighted by atomic mass is 32.1. The number of thiophene rings is 1. The Morgan fingerprint density at radius 1 is 1.29 bits per heavy atom. The highest BCUT2D eigenvalue weighted by molar-refractivity contribution is 7.09. The average Bonchev–Trinajstić information content (AvgIpc) is 3.07. The maximum absolute atomic E-state index is 12.8. The fraction of sp³-hybridized carbons (Fsp3) is 0.263. The first-order valence-electron chi connectivity index (χ1n) is 8.11. The molecule has 0 saturated carbocycles. The van der Waals surface area contributed by atoms with Crippen molar-refractivity contribution < 1.29 is 9.53 Å². The molecule has 3 heterocycles. The number of nitrogens with zero attached hydrogens (tertiary/aromatic N) is 2. The Labute approximate surface area is 144 Å². The van der Waals surface area contributed by atoms with Gasteiger partial charge in [0.05, 0.1) is 18.6 Å². The van der Waals surface area contributed by atoms with Crippen LogP contribution in [0.2, 0.25) is 0 Å². The normalized spacial score (nSPS) is 17.5. The Kier molecular flexibility index (Phi) is 3.94. The molecule has 1 aromatic carbocycles. The predicted molar refractivity (Wildman–Crippen MR) is 95.0 cm³/mol. The number of benzene rings is 1. The van der Waals surface area contributed by atoms with E-state index >= 15 is 0 Å². The molecule has 2 aromatic heterocycles. The lowest BCUT2D eigenvalue weighted by atomic mass is 10.1. The number of aromatic nitrogens is 1. The van der Waals surface area contributed by atoms with E-state index in [1.807, 2.05) is 47.5 Å². The summed E-state index contributed by atoms with van der Waals surface area (Å²) in [7, 11) is 0. The van der Waals surface area contributed by atoms with E-state index in [-0.39, 0.29) is 5.91 Å². The van der Waals surface area contributed by atoms with Gasteiger partial charge < -0.3 is 9.64 Å². The van der Waals surface area contributed by atoms with E-state index in [0.717, 1.165) is 16.5 Å². The van der Waals surface area contributed by atoms with Gasteiger partial charge in [0.2, 0.25) is 5.88 Å². The van der Waals surface area contributed by atoms with E-state index in [0.29, 0.717) is 25.4 Å². The van der Waals surface area contributed by atoms with Gasteiger partial charge in [0.1, 0.15) is 0 Å². The largest absolute Gasteiger partial charge is 0.464 e. The first-order chi connectivity index (χ1) is 11.7. The van der Waals surface area contributed by atoms with Crippen LogP contribution in [0.5, 0.6) is 5.88 Å². The van der Waals surface area contributed by atoms with Crippen molar-refractivity contribution in [1.82, 2.24) is 9.88 Å². The topological polar surface area (TPSA) is 42.4 Å². The van der Waals surface area contributed by atoms with Crippen LogP contribution in [0, 0.1) is 0 Å². The fourth-order valence-electron chi connectivity index (χ4n) is 3.01. The Morgan fingerprint density at radius 3 is 2.96 bits per heavy atom. The molecule has 4 nitrogen and oxygen atoms in total. The van der Waals surface area contributed by atoms with Crippen LogP contribution in [0.3, 0.4) is 0 Å². The lowest BCUT2D eigenvalue weighted by Crippen LogP contribution is -2.38. The van der Waals surface area contributed by atoms with Crippen molar-refractivity contribution in [3.63, 3.8) is 0 Å². The van der Waals surface area contributed by atoms with E-state index in [2.05, 4.69) is 17.1 Å². The van der Waals surface area contributed by atoms with Gasteiger partial charge in [-0.1, -0.05) is 31.2 Å². The van der Waals surface area contributed by atoms with Crippen molar-refractivity contribution in [1.29, 1.82) is 0 Å². The standard InChI is InChI=1S/C19H18N2O2S/c1-2-17-19(22)21(12-15-7-5-9-24-15)11-14-10-13-6-3-4-8-16(13)20-18(14)23-17/h3-10,17H,2,11-12H2,1H3/t17-/m1/s1. The fourth-order valence-corrected chi connectivity index (χ4v) is 3.73. The van der Waals surface area contributed by atoms with Crippen molar-refractivity contribution in [2.24, 2.45) is 0 Å². The zero-order valence-electron chi connectivity index (χ0n) is 13.4. The first kappa shape index (κ1) is 15.1. The van der Waals surface area contributed by atoms with Gasteiger partial charge in [-0.05, 0) is 30.0 Å². The molecule has 0 saturated heterocycles. The quantitative estimate of drug-likeness (QED) is 0.725. The number of carbonyl (C=O) groups is 1. The number of para-hydroxylation sites is 1. The molecule has 0 spiro atoms. The summed E-state index contributed by atoms with van der Waals surface area (Å²) in [4.78, 5) is 20.5. The molecule has 5 heteroatoms. The van der Waals surface area contributed by atoms with Gasteiger partial charge >= 0.3 is 0 Å². The first-order valence-corrected chi connectivity index (χ1v) is 8.99. The van der Waals surface area contributed by atoms with Gasteiger partial charge in [-0.2, -0.15) is 0 Å². The van der Waals surface area contributed by atoms with Gasteiger partial charge in [-0.25, -0.2) is 4.98 Å². The minimum atomic E-state index is -0.472. The summed E-state index contributed by atoms with van der Waals surface area (Å²) in [6, 6.07) is 14.1. The van der Waals surface area contributed by atoms with Gasteiger partial charge in [-0.3, -0.25) is 4.79 Å². The zero-order valence-corrected chi connectivity index (χ0v) is 14.3. The molecule has 0 fully saturated rings. The highest BCUT2D eigenvalue weighted by Gasteiger charge is 2.31. The molecule has 0 aliphatic carbocycles. The minimum absolute atomic E-state index is 0.0351. The van der Waals surface area contributed by atoms with Crippen LogP contribution in [-0.2, 0) is 17.9 Å². The van der Waals surface area contributed by atoms with Gasteiger partial charge in [-0.15, -0.1) is 11.3 Å². The third-order valence-corrected chi connectivity index (χ3v) is 5.12. The molecule has 4 rings (SSSR count). The Hall–Kier alpha value is -2.40. The van der Waals surface area contributed by atoms with Crippen LogP contribution in [0.25, 0.3) is 10.9 Å². The van der Waals surface area contributed by atoms with Gasteiger partial charge in [0.15, 0.2) is 6.10 Å². The second-order valence-corrected chi connectivity index (χ2v) is 6.97. The smallest absolute Gasteiger partial charge is 0.264 e. The molecule has 0 bridgehead atoms. The summed E-state index contributed by atoms with van der Waals surface area (Å²) in [6.07, 6.45) is 0.160. The average molecular weight is 338 g/mol. The molecule has 0 unspecified atom stereocenters. The molecule has 1 aliphatic heterocycles. The molecule has 122 valence electrons. The van der Waals surface area contributed by atoms with Crippen molar-refractivity contribution in [2.45, 2.75) is 32.5 Å².